The number of anilines is 2. The van der Waals surface area contributed by atoms with Crippen molar-refractivity contribution in [2.45, 2.75) is 13.3 Å². The molecule has 0 radical (unpaired) electrons. The average Bonchev–Trinajstić information content (AvgIpc) is 2.81. The molecule has 2 rings (SSSR count). The smallest absolute Gasteiger partial charge is 0.269 e. The van der Waals surface area contributed by atoms with Crippen LogP contribution in [-0.4, -0.2) is 15.5 Å². The number of rotatable bonds is 3. The average molecular weight is 406 g/mol. The predicted molar refractivity (Wildman–Crippen MR) is 83.5 cm³/mol. The fraction of sp³-hybridized carbons (Fsp3) is 0.182. The molecule has 1 aromatic heterocycles. The van der Waals surface area contributed by atoms with E-state index < -0.39 is 0 Å². The van der Waals surface area contributed by atoms with Gasteiger partial charge in [0.25, 0.3) is 5.91 Å². The lowest BCUT2D eigenvalue weighted by atomic mass is 10.2. The van der Waals surface area contributed by atoms with Crippen LogP contribution >= 0.6 is 43.4 Å². The molecule has 3 N–H and O–H groups in total. The number of aryl methyl sites for hydroxylation is 1. The van der Waals surface area contributed by atoms with Crippen molar-refractivity contribution in [3.05, 3.63) is 31.6 Å². The van der Waals surface area contributed by atoms with Crippen molar-refractivity contribution in [1.29, 1.82) is 0 Å². The lowest BCUT2D eigenvalue weighted by molar-refractivity contribution is 0.102. The van der Waals surface area contributed by atoms with Gasteiger partial charge in [-0.3, -0.25) is 4.79 Å². The topological polar surface area (TPSA) is 80.9 Å². The van der Waals surface area contributed by atoms with E-state index in [1.165, 1.54) is 0 Å². The number of nitrogen functional groups attached to an aromatic ring is 1. The Bertz CT molecular complexity index is 606. The van der Waals surface area contributed by atoms with Crippen LogP contribution in [0.3, 0.4) is 0 Å². The van der Waals surface area contributed by atoms with Crippen LogP contribution in [-0.2, 0) is 6.42 Å². The van der Waals surface area contributed by atoms with Gasteiger partial charge < -0.3 is 11.1 Å². The normalized spacial score (nSPS) is 10.5. The summed E-state index contributed by atoms with van der Waals surface area (Å²) in [4.78, 5) is 12.7. The number of carbonyl (C=O) groups excluding carboxylic acids is 1. The molecular weight excluding hydrogens is 396 g/mol. The van der Waals surface area contributed by atoms with Gasteiger partial charge in [0, 0.05) is 8.95 Å². The van der Waals surface area contributed by atoms with Gasteiger partial charge in [0.15, 0.2) is 0 Å². The molecule has 100 valence electrons. The summed E-state index contributed by atoms with van der Waals surface area (Å²) in [5.41, 5.74) is 7.60. The van der Waals surface area contributed by atoms with E-state index in [-0.39, 0.29) is 5.91 Å². The number of nitrogens with zero attached hydrogens (tertiary/aromatic N) is 2. The molecule has 1 heterocycles. The summed E-state index contributed by atoms with van der Waals surface area (Å²) in [5, 5.41) is 6.70. The van der Waals surface area contributed by atoms with Gasteiger partial charge in [0.2, 0.25) is 0 Å². The molecule has 0 spiro atoms. The molecule has 0 atom stereocenters. The molecule has 1 amide bonds. The molecule has 0 bridgehead atoms. The first-order valence-corrected chi connectivity index (χ1v) is 7.76. The summed E-state index contributed by atoms with van der Waals surface area (Å²) in [7, 11) is 0. The molecule has 0 unspecified atom stereocenters. The largest absolute Gasteiger partial charge is 0.397 e. The molecule has 1 aromatic carbocycles. The van der Waals surface area contributed by atoms with Gasteiger partial charge in [-0.05, 0) is 46.0 Å². The van der Waals surface area contributed by atoms with Gasteiger partial charge in [-0.2, -0.15) is 0 Å². The van der Waals surface area contributed by atoms with E-state index >= 15 is 0 Å². The van der Waals surface area contributed by atoms with Crippen molar-refractivity contribution < 1.29 is 4.79 Å². The monoisotopic (exact) mass is 404 g/mol. The molecule has 0 saturated heterocycles. The van der Waals surface area contributed by atoms with Crippen molar-refractivity contribution in [2.24, 2.45) is 0 Å². The second kappa shape index (κ2) is 5.98. The number of hydrogen-bond acceptors (Lipinski definition) is 5. The van der Waals surface area contributed by atoms with Gasteiger partial charge >= 0.3 is 0 Å². The SMILES string of the molecule is CCc1nnsc1C(=O)Nc1c(N)cc(Br)cc1Br. The minimum atomic E-state index is -0.249. The summed E-state index contributed by atoms with van der Waals surface area (Å²) in [6, 6.07) is 3.55. The van der Waals surface area contributed by atoms with E-state index in [0.29, 0.717) is 32.8 Å². The third kappa shape index (κ3) is 3.13. The predicted octanol–water partition coefficient (Wildman–Crippen LogP) is 3.46. The summed E-state index contributed by atoms with van der Waals surface area (Å²) < 4.78 is 5.34. The Balaban J connectivity index is 2.29. The van der Waals surface area contributed by atoms with Gasteiger partial charge in [-0.1, -0.05) is 27.3 Å². The fourth-order valence-corrected chi connectivity index (χ4v) is 3.51. The van der Waals surface area contributed by atoms with E-state index in [0.717, 1.165) is 16.0 Å². The van der Waals surface area contributed by atoms with E-state index in [9.17, 15) is 4.79 Å². The Morgan fingerprint density at radius 3 is 2.84 bits per heavy atom. The molecule has 0 aliphatic rings. The highest BCUT2D eigenvalue weighted by atomic mass is 79.9. The number of hydrogen-bond donors (Lipinski definition) is 2. The maximum absolute atomic E-state index is 12.2. The van der Waals surface area contributed by atoms with Crippen molar-refractivity contribution in [2.75, 3.05) is 11.1 Å². The molecule has 5 nitrogen and oxygen atoms in total. The van der Waals surface area contributed by atoms with Crippen LogP contribution in [0, 0.1) is 0 Å². The lowest BCUT2D eigenvalue weighted by Gasteiger charge is -2.10. The summed E-state index contributed by atoms with van der Waals surface area (Å²) in [5.74, 6) is -0.249. The second-order valence-corrected chi connectivity index (χ2v) is 6.23. The first kappa shape index (κ1) is 14.4. The van der Waals surface area contributed by atoms with E-state index in [4.69, 9.17) is 5.73 Å². The maximum Gasteiger partial charge on any atom is 0.269 e. The third-order valence-electron chi connectivity index (χ3n) is 2.42. The molecule has 0 fully saturated rings. The summed E-state index contributed by atoms with van der Waals surface area (Å²) >= 11 is 7.78. The van der Waals surface area contributed by atoms with Crippen LogP contribution in [0.25, 0.3) is 0 Å². The Morgan fingerprint density at radius 1 is 1.47 bits per heavy atom. The molecule has 2 aromatic rings. The molecule has 0 saturated carbocycles. The zero-order valence-corrected chi connectivity index (χ0v) is 13.9. The Morgan fingerprint density at radius 2 is 2.21 bits per heavy atom. The van der Waals surface area contributed by atoms with Gasteiger partial charge in [0.05, 0.1) is 17.1 Å². The van der Waals surface area contributed by atoms with Crippen molar-refractivity contribution >= 4 is 60.7 Å². The third-order valence-corrected chi connectivity index (χ3v) is 4.27. The number of nitrogens with one attached hydrogen (secondary N) is 1. The standard InChI is InChI=1S/C11H10Br2N4OS/c1-2-8-10(19-17-16-8)11(18)15-9-6(13)3-5(12)4-7(9)14/h3-4H,2,14H2,1H3,(H,15,18). The first-order valence-electron chi connectivity index (χ1n) is 5.40. The van der Waals surface area contributed by atoms with Gasteiger partial charge in [-0.25, -0.2) is 0 Å². The van der Waals surface area contributed by atoms with E-state index in [1.54, 1.807) is 6.07 Å². The number of halogens is 2. The van der Waals surface area contributed by atoms with Crippen molar-refractivity contribution in [3.63, 3.8) is 0 Å². The highest BCUT2D eigenvalue weighted by Crippen LogP contribution is 2.33. The number of carbonyl (C=O) groups is 1. The Kier molecular flexibility index (Phi) is 4.54. The van der Waals surface area contributed by atoms with Gasteiger partial charge in [0.1, 0.15) is 4.88 Å². The fourth-order valence-electron chi connectivity index (χ4n) is 1.51. The quantitative estimate of drug-likeness (QED) is 0.766. The second-order valence-electron chi connectivity index (χ2n) is 3.71. The summed E-state index contributed by atoms with van der Waals surface area (Å²) in [6.45, 7) is 1.93. The number of nitrogens with two attached hydrogens (primary N) is 1. The maximum atomic E-state index is 12.2. The van der Waals surface area contributed by atoms with Crippen LogP contribution < -0.4 is 11.1 Å². The minimum Gasteiger partial charge on any atom is -0.397 e. The van der Waals surface area contributed by atoms with Crippen LogP contribution in [0.4, 0.5) is 11.4 Å². The first-order chi connectivity index (χ1) is 9.02. The Hall–Kier alpha value is -0.990. The minimum absolute atomic E-state index is 0.249. The lowest BCUT2D eigenvalue weighted by Crippen LogP contribution is -2.14. The van der Waals surface area contributed by atoms with Crippen LogP contribution in [0.15, 0.2) is 21.1 Å². The number of benzene rings is 1. The van der Waals surface area contributed by atoms with E-state index in [2.05, 4.69) is 46.8 Å². The zero-order valence-electron chi connectivity index (χ0n) is 9.91. The highest BCUT2D eigenvalue weighted by molar-refractivity contribution is 9.11. The molecular formula is C11H10Br2N4OS. The zero-order chi connectivity index (χ0) is 14.0. The van der Waals surface area contributed by atoms with Crippen LogP contribution in [0.1, 0.15) is 22.3 Å². The van der Waals surface area contributed by atoms with Crippen molar-refractivity contribution in [1.82, 2.24) is 9.59 Å². The Labute approximate surface area is 131 Å². The summed E-state index contributed by atoms with van der Waals surface area (Å²) in [6.07, 6.45) is 0.663. The molecule has 0 aliphatic heterocycles. The molecule has 8 heteroatoms. The molecule has 19 heavy (non-hydrogen) atoms. The number of aromatic nitrogens is 2. The van der Waals surface area contributed by atoms with Crippen LogP contribution in [0.2, 0.25) is 0 Å². The van der Waals surface area contributed by atoms with Gasteiger partial charge in [-0.15, -0.1) is 5.10 Å². The highest BCUT2D eigenvalue weighted by Gasteiger charge is 2.17. The van der Waals surface area contributed by atoms with Crippen LogP contribution in [0.5, 0.6) is 0 Å². The van der Waals surface area contributed by atoms with E-state index in [1.807, 2.05) is 13.0 Å². The van der Waals surface area contributed by atoms with Crippen molar-refractivity contribution in [3.8, 4) is 0 Å². The number of amides is 1. The molecule has 0 aliphatic carbocycles.